The number of amides is 1. The maximum Gasteiger partial charge on any atom is 0.300 e. The molecule has 4 rings (SSSR count). The van der Waals surface area contributed by atoms with Crippen molar-refractivity contribution >= 4 is 23.1 Å². The van der Waals surface area contributed by atoms with Gasteiger partial charge in [-0.05, 0) is 47.9 Å². The Morgan fingerprint density at radius 3 is 2.30 bits per heavy atom. The predicted molar refractivity (Wildman–Crippen MR) is 126 cm³/mol. The van der Waals surface area contributed by atoms with Crippen molar-refractivity contribution in [1.29, 1.82) is 0 Å². The first-order valence-electron chi connectivity index (χ1n) is 10.7. The van der Waals surface area contributed by atoms with E-state index in [4.69, 9.17) is 4.74 Å². The largest absolute Gasteiger partial charge is 0.508 e. The quantitative estimate of drug-likeness (QED) is 0.316. The second kappa shape index (κ2) is 9.20. The minimum absolute atomic E-state index is 0.00441. The number of anilines is 1. The highest BCUT2D eigenvalue weighted by molar-refractivity contribution is 6.51. The zero-order valence-corrected chi connectivity index (χ0v) is 18.4. The van der Waals surface area contributed by atoms with Gasteiger partial charge in [-0.15, -0.1) is 0 Å². The van der Waals surface area contributed by atoms with E-state index < -0.39 is 17.7 Å². The molecule has 0 saturated carbocycles. The van der Waals surface area contributed by atoms with Crippen LogP contribution in [-0.2, 0) is 9.59 Å². The molecule has 1 fully saturated rings. The molecule has 33 heavy (non-hydrogen) atoms. The van der Waals surface area contributed by atoms with Crippen molar-refractivity contribution in [2.75, 3.05) is 11.5 Å². The van der Waals surface area contributed by atoms with Crippen LogP contribution >= 0.6 is 0 Å². The highest BCUT2D eigenvalue weighted by Gasteiger charge is 2.47. The standard InChI is InChI=1S/C27H25NO5/c1-17(2)16-33-22-13-11-20(12-14-22)28-24(19-9-6-10-21(29)15-19)23(26(31)27(28)32)25(30)18-7-4-3-5-8-18/h3-15,17,24,29-30H,16H2,1-2H3/b25-23-. The van der Waals surface area contributed by atoms with Crippen LogP contribution in [-0.4, -0.2) is 28.5 Å². The highest BCUT2D eigenvalue weighted by Crippen LogP contribution is 2.43. The molecule has 6 heteroatoms. The number of carbonyl (C=O) groups excluding carboxylic acids is 2. The molecule has 0 bridgehead atoms. The Morgan fingerprint density at radius 1 is 0.970 bits per heavy atom. The summed E-state index contributed by atoms with van der Waals surface area (Å²) in [4.78, 5) is 27.6. The van der Waals surface area contributed by atoms with E-state index >= 15 is 0 Å². The Kier molecular flexibility index (Phi) is 6.18. The number of phenolic OH excluding ortho intramolecular Hbond substituents is 1. The number of aromatic hydroxyl groups is 1. The number of hydrogen-bond donors (Lipinski definition) is 2. The van der Waals surface area contributed by atoms with Crippen LogP contribution in [0.4, 0.5) is 5.69 Å². The molecule has 1 atom stereocenters. The van der Waals surface area contributed by atoms with Crippen LogP contribution in [0.25, 0.3) is 5.76 Å². The number of aliphatic hydroxyl groups is 1. The van der Waals surface area contributed by atoms with Gasteiger partial charge in [-0.1, -0.05) is 56.3 Å². The fourth-order valence-electron chi connectivity index (χ4n) is 3.83. The van der Waals surface area contributed by atoms with E-state index in [0.29, 0.717) is 35.1 Å². The fraction of sp³-hybridized carbons (Fsp3) is 0.185. The van der Waals surface area contributed by atoms with Crippen LogP contribution in [0.5, 0.6) is 11.5 Å². The summed E-state index contributed by atoms with van der Waals surface area (Å²) < 4.78 is 5.72. The summed E-state index contributed by atoms with van der Waals surface area (Å²) in [6.45, 7) is 4.66. The minimum Gasteiger partial charge on any atom is -0.508 e. The molecule has 168 valence electrons. The summed E-state index contributed by atoms with van der Waals surface area (Å²) in [6, 6.07) is 21.0. The minimum atomic E-state index is -0.903. The number of ketones is 1. The maximum atomic E-state index is 13.2. The van der Waals surface area contributed by atoms with Gasteiger partial charge >= 0.3 is 0 Å². The van der Waals surface area contributed by atoms with E-state index in [0.717, 1.165) is 0 Å². The Labute approximate surface area is 192 Å². The molecular formula is C27H25NO5. The van der Waals surface area contributed by atoms with Crippen molar-refractivity contribution in [2.45, 2.75) is 19.9 Å². The molecule has 1 unspecified atom stereocenters. The van der Waals surface area contributed by atoms with Crippen molar-refractivity contribution < 1.29 is 24.5 Å². The number of aliphatic hydroxyl groups excluding tert-OH is 1. The summed E-state index contributed by atoms with van der Waals surface area (Å²) in [7, 11) is 0. The van der Waals surface area contributed by atoms with Crippen LogP contribution in [0.1, 0.15) is 31.0 Å². The Bertz CT molecular complexity index is 1200. The summed E-state index contributed by atoms with van der Waals surface area (Å²) in [5, 5.41) is 21.1. The first-order valence-corrected chi connectivity index (χ1v) is 10.7. The molecule has 0 aliphatic carbocycles. The molecule has 0 aromatic heterocycles. The molecule has 2 N–H and O–H groups in total. The van der Waals surface area contributed by atoms with Crippen LogP contribution in [0.3, 0.4) is 0 Å². The first kappa shape index (κ1) is 22.1. The van der Waals surface area contributed by atoms with Gasteiger partial charge < -0.3 is 14.9 Å². The molecule has 0 spiro atoms. The number of ether oxygens (including phenoxy) is 1. The van der Waals surface area contributed by atoms with E-state index in [1.807, 2.05) is 0 Å². The number of carbonyl (C=O) groups is 2. The maximum absolute atomic E-state index is 13.2. The number of nitrogens with zero attached hydrogens (tertiary/aromatic N) is 1. The normalized spacial score (nSPS) is 17.5. The highest BCUT2D eigenvalue weighted by atomic mass is 16.5. The third kappa shape index (κ3) is 4.46. The fourth-order valence-corrected chi connectivity index (χ4v) is 3.83. The zero-order valence-electron chi connectivity index (χ0n) is 18.4. The molecule has 1 saturated heterocycles. The lowest BCUT2D eigenvalue weighted by atomic mass is 9.95. The number of Topliss-reactive ketones (excluding diaryl/α,β-unsaturated/α-hetero) is 1. The summed E-state index contributed by atoms with van der Waals surface area (Å²) >= 11 is 0. The lowest BCUT2D eigenvalue weighted by molar-refractivity contribution is -0.132. The Morgan fingerprint density at radius 2 is 1.67 bits per heavy atom. The van der Waals surface area contributed by atoms with Crippen molar-refractivity contribution in [3.05, 3.63) is 95.6 Å². The molecule has 0 radical (unpaired) electrons. The summed E-state index contributed by atoms with van der Waals surface area (Å²) in [5.41, 5.74) is 1.39. The number of hydrogen-bond acceptors (Lipinski definition) is 5. The molecule has 1 amide bonds. The smallest absolute Gasteiger partial charge is 0.300 e. The van der Waals surface area contributed by atoms with Crippen LogP contribution in [0, 0.1) is 5.92 Å². The van der Waals surface area contributed by atoms with Gasteiger partial charge in [0.1, 0.15) is 17.3 Å². The average Bonchev–Trinajstić information content (AvgIpc) is 3.08. The Hall–Kier alpha value is -4.06. The predicted octanol–water partition coefficient (Wildman–Crippen LogP) is 5.05. The van der Waals surface area contributed by atoms with Crippen molar-refractivity contribution in [3.8, 4) is 11.5 Å². The van der Waals surface area contributed by atoms with Gasteiger partial charge in [-0.3, -0.25) is 14.5 Å². The molecule has 1 heterocycles. The van der Waals surface area contributed by atoms with Crippen LogP contribution in [0.15, 0.2) is 84.4 Å². The first-order chi connectivity index (χ1) is 15.9. The summed E-state index contributed by atoms with van der Waals surface area (Å²) in [5.74, 6) is -0.785. The molecule has 1 aliphatic rings. The molecule has 6 nitrogen and oxygen atoms in total. The third-order valence-corrected chi connectivity index (χ3v) is 5.38. The SMILES string of the molecule is CC(C)COc1ccc(N2C(=O)C(=O)/C(=C(\O)c3ccccc3)C2c2cccc(O)c2)cc1. The van der Waals surface area contributed by atoms with Gasteiger partial charge in [-0.2, -0.15) is 0 Å². The van der Waals surface area contributed by atoms with Crippen LogP contribution < -0.4 is 9.64 Å². The molecule has 1 aliphatic heterocycles. The second-order valence-corrected chi connectivity index (χ2v) is 8.33. The monoisotopic (exact) mass is 443 g/mol. The van der Waals surface area contributed by atoms with Gasteiger partial charge in [-0.25, -0.2) is 0 Å². The van der Waals surface area contributed by atoms with Crippen molar-refractivity contribution in [1.82, 2.24) is 0 Å². The second-order valence-electron chi connectivity index (χ2n) is 8.33. The van der Waals surface area contributed by atoms with E-state index in [9.17, 15) is 19.8 Å². The van der Waals surface area contributed by atoms with Gasteiger partial charge in [0.25, 0.3) is 11.7 Å². The van der Waals surface area contributed by atoms with E-state index in [1.54, 1.807) is 66.7 Å². The topological polar surface area (TPSA) is 87.1 Å². The van der Waals surface area contributed by atoms with E-state index in [1.165, 1.54) is 17.0 Å². The average molecular weight is 443 g/mol. The van der Waals surface area contributed by atoms with Gasteiger partial charge in [0.05, 0.1) is 18.2 Å². The molecular weight excluding hydrogens is 418 g/mol. The third-order valence-electron chi connectivity index (χ3n) is 5.38. The lowest BCUT2D eigenvalue weighted by Crippen LogP contribution is -2.29. The number of phenols is 1. The summed E-state index contributed by atoms with van der Waals surface area (Å²) in [6.07, 6.45) is 0. The van der Waals surface area contributed by atoms with Crippen LogP contribution in [0.2, 0.25) is 0 Å². The zero-order chi connectivity index (χ0) is 23.5. The lowest BCUT2D eigenvalue weighted by Gasteiger charge is -2.25. The van der Waals surface area contributed by atoms with Gasteiger partial charge in [0.2, 0.25) is 0 Å². The molecule has 3 aromatic carbocycles. The van der Waals surface area contributed by atoms with Crippen molar-refractivity contribution in [2.24, 2.45) is 5.92 Å². The molecule has 3 aromatic rings. The van der Waals surface area contributed by atoms with Gasteiger partial charge in [0, 0.05) is 11.3 Å². The van der Waals surface area contributed by atoms with Crippen molar-refractivity contribution in [3.63, 3.8) is 0 Å². The van der Waals surface area contributed by atoms with E-state index in [2.05, 4.69) is 13.8 Å². The Balaban J connectivity index is 1.82. The van der Waals surface area contributed by atoms with E-state index in [-0.39, 0.29) is 17.1 Å². The van der Waals surface area contributed by atoms with Gasteiger partial charge in [0.15, 0.2) is 0 Å². The number of rotatable bonds is 6. The number of benzene rings is 3.